The van der Waals surface area contributed by atoms with Crippen LogP contribution in [0.25, 0.3) is 22.4 Å². The second-order valence-electron chi connectivity index (χ2n) is 7.12. The molecule has 0 fully saturated rings. The van der Waals surface area contributed by atoms with Crippen LogP contribution in [0.1, 0.15) is 35.0 Å². The minimum Gasteiger partial charge on any atom is -0.308 e. The zero-order chi connectivity index (χ0) is 19.0. The number of hydrogen-bond acceptors (Lipinski definition) is 3. The molecule has 4 aromatic rings. The van der Waals surface area contributed by atoms with Gasteiger partial charge < -0.3 is 4.57 Å². The third kappa shape index (κ3) is 3.12. The van der Waals surface area contributed by atoms with E-state index in [0.717, 1.165) is 35.6 Å². The van der Waals surface area contributed by atoms with Crippen LogP contribution in [0.5, 0.6) is 0 Å². The molecule has 0 aliphatic heterocycles. The van der Waals surface area contributed by atoms with Crippen LogP contribution in [-0.2, 0) is 13.0 Å². The van der Waals surface area contributed by atoms with Gasteiger partial charge in [-0.15, -0.1) is 0 Å². The lowest BCUT2D eigenvalue weighted by Gasteiger charge is -2.11. The van der Waals surface area contributed by atoms with E-state index in [1.54, 1.807) is 6.33 Å². The van der Waals surface area contributed by atoms with Crippen molar-refractivity contribution in [1.82, 2.24) is 19.5 Å². The fourth-order valence-electron chi connectivity index (χ4n) is 3.92. The van der Waals surface area contributed by atoms with Crippen LogP contribution in [0, 0.1) is 20.8 Å². The first-order valence-electron chi connectivity index (χ1n) is 9.40. The Labute approximate surface area is 159 Å². The van der Waals surface area contributed by atoms with E-state index < -0.39 is 0 Å². The van der Waals surface area contributed by atoms with Crippen molar-refractivity contribution in [2.45, 2.75) is 40.7 Å². The van der Waals surface area contributed by atoms with Gasteiger partial charge in [0.2, 0.25) is 0 Å². The molecule has 0 aliphatic carbocycles. The SMILES string of the molecule is CCc1nc2c(-c3c(C)cc(C)cc3C)ncnc2n1Cc1ccccc1. The molecule has 2 heterocycles. The molecule has 0 unspecified atom stereocenters. The molecule has 27 heavy (non-hydrogen) atoms. The van der Waals surface area contributed by atoms with Crippen molar-refractivity contribution in [3.63, 3.8) is 0 Å². The molecule has 0 saturated heterocycles. The number of hydrogen-bond donors (Lipinski definition) is 0. The molecule has 0 saturated carbocycles. The highest BCUT2D eigenvalue weighted by atomic mass is 15.1. The second kappa shape index (κ2) is 6.95. The number of nitrogens with zero attached hydrogens (tertiary/aromatic N) is 4. The zero-order valence-electron chi connectivity index (χ0n) is 16.3. The molecule has 4 heteroatoms. The Balaban J connectivity index is 1.93. The van der Waals surface area contributed by atoms with Crippen LogP contribution in [0.4, 0.5) is 0 Å². The molecule has 0 aliphatic rings. The maximum absolute atomic E-state index is 4.95. The molecule has 0 spiro atoms. The highest BCUT2D eigenvalue weighted by molar-refractivity contribution is 5.89. The minimum atomic E-state index is 0.767. The van der Waals surface area contributed by atoms with E-state index in [4.69, 9.17) is 4.98 Å². The van der Waals surface area contributed by atoms with Gasteiger partial charge in [-0.25, -0.2) is 15.0 Å². The number of rotatable bonds is 4. The average molecular weight is 356 g/mol. The summed E-state index contributed by atoms with van der Waals surface area (Å²) in [5.41, 5.74) is 8.85. The molecule has 0 bridgehead atoms. The topological polar surface area (TPSA) is 43.6 Å². The van der Waals surface area contributed by atoms with Crippen LogP contribution < -0.4 is 0 Å². The first-order valence-corrected chi connectivity index (χ1v) is 9.40. The first-order chi connectivity index (χ1) is 13.1. The maximum atomic E-state index is 4.95. The van der Waals surface area contributed by atoms with Gasteiger partial charge in [-0.2, -0.15) is 0 Å². The smallest absolute Gasteiger partial charge is 0.164 e. The van der Waals surface area contributed by atoms with Crippen molar-refractivity contribution < 1.29 is 0 Å². The van der Waals surface area contributed by atoms with Crippen molar-refractivity contribution in [1.29, 1.82) is 0 Å². The molecular weight excluding hydrogens is 332 g/mol. The zero-order valence-corrected chi connectivity index (χ0v) is 16.3. The Bertz CT molecular complexity index is 1090. The largest absolute Gasteiger partial charge is 0.308 e. The second-order valence-corrected chi connectivity index (χ2v) is 7.12. The predicted molar refractivity (Wildman–Crippen MR) is 110 cm³/mol. The first kappa shape index (κ1) is 17.4. The lowest BCUT2D eigenvalue weighted by Crippen LogP contribution is -2.05. The van der Waals surface area contributed by atoms with E-state index in [2.05, 4.69) is 78.6 Å². The van der Waals surface area contributed by atoms with Crippen molar-refractivity contribution in [2.24, 2.45) is 0 Å². The van der Waals surface area contributed by atoms with Crippen molar-refractivity contribution in [3.05, 3.63) is 76.9 Å². The fourth-order valence-corrected chi connectivity index (χ4v) is 3.92. The highest BCUT2D eigenvalue weighted by Gasteiger charge is 2.18. The highest BCUT2D eigenvalue weighted by Crippen LogP contribution is 2.32. The van der Waals surface area contributed by atoms with Crippen molar-refractivity contribution in [3.8, 4) is 11.3 Å². The summed E-state index contributed by atoms with van der Waals surface area (Å²) in [5, 5.41) is 0. The van der Waals surface area contributed by atoms with Gasteiger partial charge in [0.1, 0.15) is 23.4 Å². The molecule has 0 radical (unpaired) electrons. The van der Waals surface area contributed by atoms with Crippen molar-refractivity contribution >= 4 is 11.2 Å². The van der Waals surface area contributed by atoms with Gasteiger partial charge in [0.25, 0.3) is 0 Å². The number of aryl methyl sites for hydroxylation is 4. The third-order valence-electron chi connectivity index (χ3n) is 5.02. The van der Waals surface area contributed by atoms with E-state index in [0.29, 0.717) is 0 Å². The summed E-state index contributed by atoms with van der Waals surface area (Å²) in [6, 6.07) is 14.9. The number of aromatic nitrogens is 4. The fraction of sp³-hybridized carbons (Fsp3) is 0.261. The van der Waals surface area contributed by atoms with E-state index in [1.165, 1.54) is 27.8 Å². The predicted octanol–water partition coefficient (Wildman–Crippen LogP) is 5.03. The minimum absolute atomic E-state index is 0.767. The van der Waals surface area contributed by atoms with E-state index in [-0.39, 0.29) is 0 Å². The van der Waals surface area contributed by atoms with Gasteiger partial charge in [-0.3, -0.25) is 0 Å². The van der Waals surface area contributed by atoms with Crippen LogP contribution >= 0.6 is 0 Å². The van der Waals surface area contributed by atoms with E-state index >= 15 is 0 Å². The van der Waals surface area contributed by atoms with E-state index in [9.17, 15) is 0 Å². The molecule has 4 rings (SSSR count). The summed E-state index contributed by atoms with van der Waals surface area (Å²) in [4.78, 5) is 14.2. The van der Waals surface area contributed by atoms with Crippen LogP contribution in [0.3, 0.4) is 0 Å². The number of fused-ring (bicyclic) bond motifs is 1. The van der Waals surface area contributed by atoms with Crippen LogP contribution in [0.15, 0.2) is 48.8 Å². The Kier molecular flexibility index (Phi) is 4.48. The van der Waals surface area contributed by atoms with Gasteiger partial charge >= 0.3 is 0 Å². The normalized spacial score (nSPS) is 11.3. The van der Waals surface area contributed by atoms with Crippen LogP contribution in [-0.4, -0.2) is 19.5 Å². The quantitative estimate of drug-likeness (QED) is 0.515. The van der Waals surface area contributed by atoms with Gasteiger partial charge in [0, 0.05) is 12.0 Å². The number of imidazole rings is 1. The molecular formula is C23H24N4. The van der Waals surface area contributed by atoms with Gasteiger partial charge in [0.05, 0.1) is 6.54 Å². The third-order valence-corrected chi connectivity index (χ3v) is 5.02. The van der Waals surface area contributed by atoms with Gasteiger partial charge in [-0.05, 0) is 37.5 Å². The summed E-state index contributed by atoms with van der Waals surface area (Å²) in [7, 11) is 0. The Morgan fingerprint density at radius 2 is 1.63 bits per heavy atom. The lowest BCUT2D eigenvalue weighted by atomic mass is 9.97. The van der Waals surface area contributed by atoms with Gasteiger partial charge in [-0.1, -0.05) is 55.0 Å². The summed E-state index contributed by atoms with van der Waals surface area (Å²) in [5.74, 6) is 1.04. The van der Waals surface area contributed by atoms with Crippen molar-refractivity contribution in [2.75, 3.05) is 0 Å². The molecule has 2 aromatic heterocycles. The molecule has 4 nitrogen and oxygen atoms in total. The standard InChI is InChI=1S/C23H24N4/c1-5-19-26-22-21(20-16(3)11-15(2)12-17(20)4)24-14-25-23(22)27(19)13-18-9-7-6-8-10-18/h6-12,14H,5,13H2,1-4H3. The monoisotopic (exact) mass is 356 g/mol. The Hall–Kier alpha value is -3.01. The molecule has 0 N–H and O–H groups in total. The Morgan fingerprint density at radius 3 is 2.30 bits per heavy atom. The summed E-state index contributed by atoms with van der Waals surface area (Å²) < 4.78 is 2.22. The summed E-state index contributed by atoms with van der Waals surface area (Å²) in [6.07, 6.45) is 2.52. The Morgan fingerprint density at radius 1 is 0.926 bits per heavy atom. The van der Waals surface area contributed by atoms with E-state index in [1.807, 2.05) is 6.07 Å². The summed E-state index contributed by atoms with van der Waals surface area (Å²) in [6.45, 7) is 9.32. The molecule has 136 valence electrons. The van der Waals surface area contributed by atoms with Gasteiger partial charge in [0.15, 0.2) is 5.65 Å². The molecule has 0 atom stereocenters. The molecule has 0 amide bonds. The van der Waals surface area contributed by atoms with Crippen LogP contribution in [0.2, 0.25) is 0 Å². The average Bonchev–Trinajstić information content (AvgIpc) is 3.00. The lowest BCUT2D eigenvalue weighted by molar-refractivity contribution is 0.746. The molecule has 2 aromatic carbocycles. The number of benzene rings is 2. The summed E-state index contributed by atoms with van der Waals surface area (Å²) >= 11 is 0. The maximum Gasteiger partial charge on any atom is 0.164 e.